The van der Waals surface area contributed by atoms with Gasteiger partial charge in [0, 0.05) is 36.6 Å². The number of fused-ring (bicyclic) bond motifs is 2. The molecule has 0 bridgehead atoms. The number of ether oxygens (including phenoxy) is 1. The maximum Gasteiger partial charge on any atom is 0.407 e. The lowest BCUT2D eigenvalue weighted by Crippen LogP contribution is -2.52. The van der Waals surface area contributed by atoms with E-state index in [1.807, 2.05) is 66.7 Å². The molecule has 41 heavy (non-hydrogen) atoms. The Morgan fingerprint density at radius 3 is 2.44 bits per heavy atom. The van der Waals surface area contributed by atoms with Crippen molar-refractivity contribution in [2.75, 3.05) is 30.3 Å². The highest BCUT2D eigenvalue weighted by Crippen LogP contribution is 2.33. The molecule has 0 radical (unpaired) electrons. The van der Waals surface area contributed by atoms with Crippen LogP contribution < -0.4 is 20.9 Å². The smallest absolute Gasteiger partial charge is 0.407 e. The predicted octanol–water partition coefficient (Wildman–Crippen LogP) is 4.04. The van der Waals surface area contributed by atoms with Crippen LogP contribution in [0.1, 0.15) is 32.8 Å². The molecule has 10 heteroatoms. The summed E-state index contributed by atoms with van der Waals surface area (Å²) in [4.78, 5) is 53.8. The van der Waals surface area contributed by atoms with E-state index in [-0.39, 0.29) is 32.0 Å². The monoisotopic (exact) mass is 576 g/mol. The van der Waals surface area contributed by atoms with Crippen molar-refractivity contribution in [3.05, 3.63) is 72.3 Å². The van der Waals surface area contributed by atoms with Crippen molar-refractivity contribution < 1.29 is 23.9 Å². The Morgan fingerprint density at radius 2 is 1.66 bits per heavy atom. The Bertz CT molecular complexity index is 1420. The molecular weight excluding hydrogens is 540 g/mol. The number of nitrogens with zero attached hydrogens (tertiary/aromatic N) is 1. The molecule has 0 unspecified atom stereocenters. The minimum Gasteiger partial charge on any atom is -0.444 e. The van der Waals surface area contributed by atoms with E-state index in [0.29, 0.717) is 17.9 Å². The van der Waals surface area contributed by atoms with Gasteiger partial charge in [-0.1, -0.05) is 54.6 Å². The van der Waals surface area contributed by atoms with Gasteiger partial charge in [-0.25, -0.2) is 4.79 Å². The SMILES string of the molecule is CC(C)(C)OC(=O)NCCNC(=O)[C@@H](Cc1ccc2ccccc2c1)NC(=O)CN1C(=O)CCSc2ccccc21. The number of thioether (sulfide) groups is 1. The zero-order valence-corrected chi connectivity index (χ0v) is 24.4. The van der Waals surface area contributed by atoms with Crippen LogP contribution >= 0.6 is 11.8 Å². The lowest BCUT2D eigenvalue weighted by molar-refractivity contribution is -0.129. The number of para-hydroxylation sites is 1. The van der Waals surface area contributed by atoms with E-state index in [4.69, 9.17) is 4.74 Å². The van der Waals surface area contributed by atoms with Gasteiger partial charge in [-0.3, -0.25) is 14.4 Å². The van der Waals surface area contributed by atoms with Crippen molar-refractivity contribution in [2.24, 2.45) is 0 Å². The molecule has 1 aliphatic heterocycles. The molecule has 9 nitrogen and oxygen atoms in total. The van der Waals surface area contributed by atoms with E-state index < -0.39 is 29.6 Å². The van der Waals surface area contributed by atoms with E-state index in [2.05, 4.69) is 16.0 Å². The second-order valence-corrected chi connectivity index (χ2v) is 11.9. The first-order chi connectivity index (χ1) is 19.6. The zero-order chi connectivity index (χ0) is 29.4. The third-order valence-electron chi connectivity index (χ3n) is 6.33. The molecule has 0 aliphatic carbocycles. The lowest BCUT2D eigenvalue weighted by atomic mass is 10.0. The average Bonchev–Trinajstić information content (AvgIpc) is 3.08. The summed E-state index contributed by atoms with van der Waals surface area (Å²) in [6, 6.07) is 20.4. The van der Waals surface area contributed by atoms with E-state index in [9.17, 15) is 19.2 Å². The van der Waals surface area contributed by atoms with Gasteiger partial charge in [0.15, 0.2) is 0 Å². The van der Waals surface area contributed by atoms with E-state index in [0.717, 1.165) is 21.2 Å². The van der Waals surface area contributed by atoms with Gasteiger partial charge in [-0.2, -0.15) is 0 Å². The Balaban J connectivity index is 1.45. The third-order valence-corrected chi connectivity index (χ3v) is 7.39. The number of nitrogens with one attached hydrogen (secondary N) is 3. The fraction of sp³-hybridized carbons (Fsp3) is 0.355. The molecule has 4 rings (SSSR count). The summed E-state index contributed by atoms with van der Waals surface area (Å²) in [5, 5.41) is 10.4. The number of carbonyl (C=O) groups excluding carboxylic acids is 4. The molecule has 0 saturated carbocycles. The maximum atomic E-state index is 13.3. The van der Waals surface area contributed by atoms with Gasteiger partial charge in [0.1, 0.15) is 18.2 Å². The second kappa shape index (κ2) is 13.5. The number of carbonyl (C=O) groups is 4. The molecule has 1 aliphatic rings. The number of amides is 4. The summed E-state index contributed by atoms with van der Waals surface area (Å²) in [7, 11) is 0. The molecule has 0 aromatic heterocycles. The molecule has 0 spiro atoms. The van der Waals surface area contributed by atoms with Crippen LogP contribution in [-0.4, -0.2) is 60.8 Å². The minimum absolute atomic E-state index is 0.138. The lowest BCUT2D eigenvalue weighted by Gasteiger charge is -2.24. The van der Waals surface area contributed by atoms with Crippen molar-refractivity contribution in [2.45, 2.75) is 50.2 Å². The average molecular weight is 577 g/mol. The number of alkyl carbamates (subject to hydrolysis) is 1. The van der Waals surface area contributed by atoms with Gasteiger partial charge in [0.2, 0.25) is 17.7 Å². The molecule has 216 valence electrons. The standard InChI is InChI=1S/C31H36N4O5S/c1-31(2,3)40-30(39)33-16-15-32-29(38)24(19-21-12-13-22-8-4-5-9-23(22)18-21)34-27(36)20-35-25-10-6-7-11-26(25)41-17-14-28(35)37/h4-13,18,24H,14-17,19-20H2,1-3H3,(H,32,38)(H,33,39)(H,34,36)/t24-/m1/s1. The summed E-state index contributed by atoms with van der Waals surface area (Å²) in [6.45, 7) is 5.42. The molecule has 3 N–H and O–H groups in total. The number of hydrogen-bond acceptors (Lipinski definition) is 6. The first-order valence-electron chi connectivity index (χ1n) is 13.6. The summed E-state index contributed by atoms with van der Waals surface area (Å²) in [5.41, 5.74) is 0.943. The predicted molar refractivity (Wildman–Crippen MR) is 161 cm³/mol. The first kappa shape index (κ1) is 29.9. The Hall–Kier alpha value is -4.05. The van der Waals surface area contributed by atoms with Crippen LogP contribution in [0.25, 0.3) is 10.8 Å². The number of anilines is 1. The molecular formula is C31H36N4O5S. The number of hydrogen-bond donors (Lipinski definition) is 3. The van der Waals surface area contributed by atoms with Crippen LogP contribution in [0, 0.1) is 0 Å². The highest BCUT2D eigenvalue weighted by molar-refractivity contribution is 7.99. The number of rotatable bonds is 9. The third kappa shape index (κ3) is 8.72. The highest BCUT2D eigenvalue weighted by Gasteiger charge is 2.27. The van der Waals surface area contributed by atoms with Crippen molar-refractivity contribution >= 4 is 52.0 Å². The van der Waals surface area contributed by atoms with Crippen LogP contribution in [0.4, 0.5) is 10.5 Å². The fourth-order valence-corrected chi connectivity index (χ4v) is 5.47. The summed E-state index contributed by atoms with van der Waals surface area (Å²) in [5.74, 6) is -0.331. The molecule has 3 aromatic rings. The molecule has 3 aromatic carbocycles. The minimum atomic E-state index is -0.892. The number of benzene rings is 3. The normalized spacial score (nSPS) is 14.0. The quantitative estimate of drug-likeness (QED) is 0.331. The van der Waals surface area contributed by atoms with Crippen molar-refractivity contribution in [1.82, 2.24) is 16.0 Å². The zero-order valence-electron chi connectivity index (χ0n) is 23.6. The Morgan fingerprint density at radius 1 is 0.951 bits per heavy atom. The molecule has 0 fully saturated rings. The Labute approximate surface area is 244 Å². The summed E-state index contributed by atoms with van der Waals surface area (Å²) < 4.78 is 5.22. The van der Waals surface area contributed by atoms with Crippen LogP contribution in [0.5, 0.6) is 0 Å². The van der Waals surface area contributed by atoms with Crippen LogP contribution in [-0.2, 0) is 25.5 Å². The largest absolute Gasteiger partial charge is 0.444 e. The second-order valence-electron chi connectivity index (χ2n) is 10.8. The van der Waals surface area contributed by atoms with Crippen LogP contribution in [0.15, 0.2) is 71.6 Å². The topological polar surface area (TPSA) is 117 Å². The molecule has 0 saturated heterocycles. The van der Waals surface area contributed by atoms with Crippen LogP contribution in [0.2, 0.25) is 0 Å². The Kier molecular flexibility index (Phi) is 9.88. The fourth-order valence-electron chi connectivity index (χ4n) is 4.48. The van der Waals surface area contributed by atoms with Gasteiger partial charge in [0.25, 0.3) is 0 Å². The van der Waals surface area contributed by atoms with E-state index >= 15 is 0 Å². The van der Waals surface area contributed by atoms with Gasteiger partial charge >= 0.3 is 6.09 Å². The first-order valence-corrected chi connectivity index (χ1v) is 14.6. The van der Waals surface area contributed by atoms with Gasteiger partial charge in [-0.05, 0) is 49.2 Å². The molecule has 4 amide bonds. The molecule has 1 heterocycles. The summed E-state index contributed by atoms with van der Waals surface area (Å²) in [6.07, 6.45) is -0.00562. The highest BCUT2D eigenvalue weighted by atomic mass is 32.2. The molecule has 1 atom stereocenters. The maximum absolute atomic E-state index is 13.3. The van der Waals surface area contributed by atoms with Crippen molar-refractivity contribution in [1.29, 1.82) is 0 Å². The van der Waals surface area contributed by atoms with Crippen LogP contribution in [0.3, 0.4) is 0 Å². The van der Waals surface area contributed by atoms with Gasteiger partial charge in [0.05, 0.1) is 5.69 Å². The van der Waals surface area contributed by atoms with Crippen molar-refractivity contribution in [3.8, 4) is 0 Å². The van der Waals surface area contributed by atoms with Gasteiger partial charge in [-0.15, -0.1) is 11.8 Å². The van der Waals surface area contributed by atoms with E-state index in [1.54, 1.807) is 32.5 Å². The van der Waals surface area contributed by atoms with Gasteiger partial charge < -0.3 is 25.6 Å². The summed E-state index contributed by atoms with van der Waals surface area (Å²) >= 11 is 1.58. The van der Waals surface area contributed by atoms with Crippen molar-refractivity contribution in [3.63, 3.8) is 0 Å². The van der Waals surface area contributed by atoms with E-state index in [1.165, 1.54) is 4.90 Å².